The lowest BCUT2D eigenvalue weighted by atomic mass is 10.4. The molecule has 1 rings (SSSR count). The normalized spacial score (nSPS) is 20.0. The van der Waals surface area contributed by atoms with E-state index in [1.165, 1.54) is 0 Å². The average Bonchev–Trinajstić information content (AvgIpc) is 3.17. The van der Waals surface area contributed by atoms with Crippen LogP contribution < -0.4 is 0 Å². The molecule has 6 nitrogen and oxygen atoms in total. The maximum absolute atomic E-state index is 9.51. The van der Waals surface area contributed by atoms with Crippen LogP contribution in [0.2, 0.25) is 0 Å². The summed E-state index contributed by atoms with van der Waals surface area (Å²) in [5.41, 5.74) is 0. The van der Waals surface area contributed by atoms with E-state index in [1.54, 1.807) is 0 Å². The number of hydrogen-bond acceptors (Lipinski definition) is 6. The molecule has 0 aromatic heterocycles. The van der Waals surface area contributed by atoms with Gasteiger partial charge >= 0.3 is 0 Å². The Balaban J connectivity index is 1.73. The van der Waals surface area contributed by atoms with Crippen LogP contribution in [0, 0.1) is 0 Å². The Morgan fingerprint density at radius 2 is 1.61 bits per heavy atom. The van der Waals surface area contributed by atoms with Gasteiger partial charge < -0.3 is 28.8 Å². The van der Waals surface area contributed by atoms with E-state index in [4.69, 9.17) is 23.7 Å². The fourth-order valence-electron chi connectivity index (χ4n) is 1.25. The van der Waals surface area contributed by atoms with Gasteiger partial charge in [0.15, 0.2) is 0 Å². The van der Waals surface area contributed by atoms with Crippen LogP contribution in [0.5, 0.6) is 0 Å². The molecule has 0 radical (unpaired) electrons. The van der Waals surface area contributed by atoms with Crippen LogP contribution in [-0.2, 0) is 23.7 Å². The van der Waals surface area contributed by atoms with Crippen molar-refractivity contribution in [2.75, 3.05) is 59.5 Å². The van der Waals surface area contributed by atoms with Crippen molar-refractivity contribution in [3.05, 3.63) is 0 Å². The summed E-state index contributed by atoms with van der Waals surface area (Å²) in [6.07, 6.45) is -0.312. The number of ether oxygens (including phenoxy) is 5. The molecular formula is C12H24O6. The minimum Gasteiger partial charge on any atom is -0.388 e. The quantitative estimate of drug-likeness (QED) is 0.368. The molecule has 0 aromatic rings. The summed E-state index contributed by atoms with van der Waals surface area (Å²) in [7, 11) is 0. The van der Waals surface area contributed by atoms with Crippen LogP contribution in [0.15, 0.2) is 0 Å². The summed E-state index contributed by atoms with van der Waals surface area (Å²) in [5.74, 6) is 0. The van der Waals surface area contributed by atoms with Gasteiger partial charge in [-0.15, -0.1) is 0 Å². The number of aliphatic hydroxyl groups is 1. The van der Waals surface area contributed by atoms with E-state index >= 15 is 0 Å². The summed E-state index contributed by atoms with van der Waals surface area (Å²) in [5, 5.41) is 9.51. The van der Waals surface area contributed by atoms with E-state index in [2.05, 4.69) is 0 Å². The van der Waals surface area contributed by atoms with Crippen LogP contribution in [0.3, 0.4) is 0 Å². The third-order valence-corrected chi connectivity index (χ3v) is 2.27. The maximum Gasteiger partial charge on any atom is 0.104 e. The standard InChI is InChI=1S/C12H24O6/c1-2-14-3-4-15-7-11(13)8-16-5-6-17-9-12-10-18-12/h11-13H,2-10H2,1H3. The first-order valence-electron chi connectivity index (χ1n) is 6.43. The van der Waals surface area contributed by atoms with Crippen molar-refractivity contribution in [2.24, 2.45) is 0 Å². The van der Waals surface area contributed by atoms with E-state index in [1.807, 2.05) is 6.92 Å². The van der Waals surface area contributed by atoms with Crippen LogP contribution in [0.25, 0.3) is 0 Å². The van der Waals surface area contributed by atoms with E-state index < -0.39 is 6.10 Å². The van der Waals surface area contributed by atoms with Gasteiger partial charge in [0.25, 0.3) is 0 Å². The Kier molecular flexibility index (Phi) is 9.37. The topological polar surface area (TPSA) is 69.7 Å². The Hall–Kier alpha value is -0.240. The van der Waals surface area contributed by atoms with Gasteiger partial charge in [0.1, 0.15) is 12.2 Å². The fourth-order valence-corrected chi connectivity index (χ4v) is 1.25. The van der Waals surface area contributed by atoms with Crippen molar-refractivity contribution in [3.63, 3.8) is 0 Å². The van der Waals surface area contributed by atoms with Crippen molar-refractivity contribution in [2.45, 2.75) is 19.1 Å². The second-order valence-corrected chi connectivity index (χ2v) is 4.03. The summed E-state index contributed by atoms with van der Waals surface area (Å²) in [6, 6.07) is 0. The molecule has 2 atom stereocenters. The molecule has 1 aliphatic rings. The first-order chi connectivity index (χ1) is 8.83. The molecule has 0 bridgehead atoms. The van der Waals surface area contributed by atoms with Crippen LogP contribution in [0.1, 0.15) is 6.92 Å². The molecule has 0 saturated carbocycles. The lowest BCUT2D eigenvalue weighted by molar-refractivity contribution is -0.0412. The average molecular weight is 264 g/mol. The third kappa shape index (κ3) is 9.76. The molecule has 6 heteroatoms. The Labute approximate surface area is 108 Å². The lowest BCUT2D eigenvalue weighted by Gasteiger charge is -2.12. The second-order valence-electron chi connectivity index (χ2n) is 4.03. The molecule has 1 N–H and O–H groups in total. The monoisotopic (exact) mass is 264 g/mol. The van der Waals surface area contributed by atoms with Gasteiger partial charge in [-0.25, -0.2) is 0 Å². The molecule has 0 aliphatic carbocycles. The zero-order chi connectivity index (χ0) is 13.1. The zero-order valence-corrected chi connectivity index (χ0v) is 11.0. The van der Waals surface area contributed by atoms with Gasteiger partial charge in [0.05, 0.1) is 52.9 Å². The summed E-state index contributed by atoms with van der Waals surface area (Å²) in [6.45, 7) is 6.63. The summed E-state index contributed by atoms with van der Waals surface area (Å²) < 4.78 is 25.8. The van der Waals surface area contributed by atoms with Crippen molar-refractivity contribution in [3.8, 4) is 0 Å². The molecule has 0 spiro atoms. The van der Waals surface area contributed by atoms with Gasteiger partial charge in [-0.1, -0.05) is 0 Å². The predicted molar refractivity (Wildman–Crippen MR) is 64.7 cm³/mol. The van der Waals surface area contributed by atoms with Crippen LogP contribution in [0.4, 0.5) is 0 Å². The minimum absolute atomic E-state index is 0.262. The van der Waals surface area contributed by atoms with E-state index in [0.717, 1.165) is 6.61 Å². The van der Waals surface area contributed by atoms with Gasteiger partial charge in [0.2, 0.25) is 0 Å². The fraction of sp³-hybridized carbons (Fsp3) is 1.00. The van der Waals surface area contributed by atoms with Gasteiger partial charge in [-0.05, 0) is 6.92 Å². The largest absolute Gasteiger partial charge is 0.388 e. The number of hydrogen-bond donors (Lipinski definition) is 1. The molecule has 108 valence electrons. The van der Waals surface area contributed by atoms with Gasteiger partial charge in [-0.3, -0.25) is 0 Å². The number of epoxide rings is 1. The Bertz CT molecular complexity index is 185. The van der Waals surface area contributed by atoms with Crippen LogP contribution in [-0.4, -0.2) is 76.8 Å². The molecule has 18 heavy (non-hydrogen) atoms. The first kappa shape index (κ1) is 15.8. The SMILES string of the molecule is CCOCCOCC(O)COCCOCC1CO1. The highest BCUT2D eigenvalue weighted by atomic mass is 16.6. The zero-order valence-electron chi connectivity index (χ0n) is 11.0. The van der Waals surface area contributed by atoms with Crippen molar-refractivity contribution in [1.82, 2.24) is 0 Å². The van der Waals surface area contributed by atoms with E-state index in [-0.39, 0.29) is 19.3 Å². The molecule has 2 unspecified atom stereocenters. The predicted octanol–water partition coefficient (Wildman–Crippen LogP) is -0.168. The van der Waals surface area contributed by atoms with Crippen molar-refractivity contribution >= 4 is 0 Å². The minimum atomic E-state index is -0.599. The van der Waals surface area contributed by atoms with Crippen molar-refractivity contribution < 1.29 is 28.8 Å². The number of aliphatic hydroxyl groups excluding tert-OH is 1. The summed E-state index contributed by atoms with van der Waals surface area (Å²) >= 11 is 0. The second kappa shape index (κ2) is 10.7. The maximum atomic E-state index is 9.51. The van der Waals surface area contributed by atoms with Crippen molar-refractivity contribution in [1.29, 1.82) is 0 Å². The molecule has 1 saturated heterocycles. The third-order valence-electron chi connectivity index (χ3n) is 2.27. The highest BCUT2D eigenvalue weighted by Crippen LogP contribution is 2.07. The highest BCUT2D eigenvalue weighted by molar-refractivity contribution is 4.66. The molecular weight excluding hydrogens is 240 g/mol. The van der Waals surface area contributed by atoms with Gasteiger partial charge in [0, 0.05) is 6.61 Å². The Morgan fingerprint density at radius 3 is 2.17 bits per heavy atom. The van der Waals surface area contributed by atoms with E-state index in [9.17, 15) is 5.11 Å². The Morgan fingerprint density at radius 1 is 1.06 bits per heavy atom. The smallest absolute Gasteiger partial charge is 0.104 e. The molecule has 1 aliphatic heterocycles. The first-order valence-corrected chi connectivity index (χ1v) is 6.43. The molecule has 0 aromatic carbocycles. The number of rotatable bonds is 13. The van der Waals surface area contributed by atoms with Crippen LogP contribution >= 0.6 is 0 Å². The lowest BCUT2D eigenvalue weighted by Crippen LogP contribution is -2.24. The summed E-state index contributed by atoms with van der Waals surface area (Å²) in [4.78, 5) is 0. The van der Waals surface area contributed by atoms with Gasteiger partial charge in [-0.2, -0.15) is 0 Å². The molecule has 1 fully saturated rings. The van der Waals surface area contributed by atoms with E-state index in [0.29, 0.717) is 39.6 Å². The highest BCUT2D eigenvalue weighted by Gasteiger charge is 2.21. The molecule has 0 amide bonds. The molecule has 1 heterocycles.